The molecule has 0 N–H and O–H groups in total. The van der Waals surface area contributed by atoms with Crippen LogP contribution in [0.1, 0.15) is 0 Å². The first-order chi connectivity index (χ1) is 4.48. The van der Waals surface area contributed by atoms with Crippen molar-refractivity contribution in [3.05, 3.63) is 36.3 Å². The normalized spacial score (nSPS) is 13.5. The second kappa shape index (κ2) is 3.67. The molecule has 58 valence electrons. The molecule has 0 fully saturated rings. The van der Waals surface area contributed by atoms with Crippen molar-refractivity contribution in [2.45, 2.75) is 0 Å². The van der Waals surface area contributed by atoms with Crippen LogP contribution in [0.25, 0.3) is 0 Å². The van der Waals surface area contributed by atoms with Crippen LogP contribution in [0.15, 0.2) is 36.3 Å². The second-order valence-electron chi connectivity index (χ2n) is 2.90. The van der Waals surface area contributed by atoms with E-state index in [9.17, 15) is 0 Å². The lowest BCUT2D eigenvalue weighted by atomic mass is 10.5. The molecule has 0 aromatic heterocycles. The van der Waals surface area contributed by atoms with Gasteiger partial charge in [0.25, 0.3) is 0 Å². The zero-order valence-electron chi connectivity index (χ0n) is 7.05. The number of hydrogen-bond acceptors (Lipinski definition) is 0. The lowest BCUT2D eigenvalue weighted by Gasteiger charge is -2.25. The predicted octanol–water partition coefficient (Wildman–Crippen LogP) is 2.94. The van der Waals surface area contributed by atoms with Crippen molar-refractivity contribution in [1.82, 2.24) is 0 Å². The minimum Gasteiger partial charge on any atom is -0.224 e. The largest absolute Gasteiger partial charge is 0.224 e. The van der Waals surface area contributed by atoms with E-state index < -0.39 is 10.0 Å². The molecule has 0 bridgehead atoms. The third kappa shape index (κ3) is 3.57. The summed E-state index contributed by atoms with van der Waals surface area (Å²) in [6.45, 7) is 7.56. The third-order valence-electron chi connectivity index (χ3n) is 1.20. The highest BCUT2D eigenvalue weighted by Gasteiger charge is 2.04. The lowest BCUT2D eigenvalue weighted by molar-refractivity contribution is 1.87. The van der Waals surface area contributed by atoms with Crippen LogP contribution >= 0.6 is 10.0 Å². The van der Waals surface area contributed by atoms with Gasteiger partial charge >= 0.3 is 0 Å². The Hall–Kier alpha value is -0.430. The Morgan fingerprint density at radius 1 is 1.30 bits per heavy atom. The number of allylic oxidation sites excluding steroid dienone is 3. The minimum atomic E-state index is -0.604. The summed E-state index contributed by atoms with van der Waals surface area (Å²) in [5, 5.41) is 0. The molecular formula is C9H16S. The summed E-state index contributed by atoms with van der Waals surface area (Å²) in [6, 6.07) is 0. The second-order valence-corrected chi connectivity index (χ2v) is 7.10. The van der Waals surface area contributed by atoms with Crippen molar-refractivity contribution in [3.63, 3.8) is 0 Å². The monoisotopic (exact) mass is 156 g/mol. The van der Waals surface area contributed by atoms with Gasteiger partial charge < -0.3 is 0 Å². The molecule has 0 nitrogen and oxygen atoms in total. The quantitative estimate of drug-likeness (QED) is 0.551. The highest BCUT2D eigenvalue weighted by atomic mass is 32.3. The van der Waals surface area contributed by atoms with E-state index in [2.05, 4.69) is 31.9 Å². The van der Waals surface area contributed by atoms with Gasteiger partial charge in [0.2, 0.25) is 0 Å². The topological polar surface area (TPSA) is 0 Å². The van der Waals surface area contributed by atoms with Crippen LogP contribution < -0.4 is 0 Å². The van der Waals surface area contributed by atoms with E-state index in [0.29, 0.717) is 0 Å². The van der Waals surface area contributed by atoms with Crippen molar-refractivity contribution < 1.29 is 0 Å². The van der Waals surface area contributed by atoms with Crippen LogP contribution in [0.5, 0.6) is 0 Å². The van der Waals surface area contributed by atoms with Crippen LogP contribution in [-0.4, -0.2) is 18.8 Å². The van der Waals surface area contributed by atoms with Gasteiger partial charge in [-0.3, -0.25) is 0 Å². The molecule has 0 atom stereocenters. The van der Waals surface area contributed by atoms with Crippen molar-refractivity contribution >= 4 is 10.0 Å². The fourth-order valence-electron chi connectivity index (χ4n) is 0.379. The predicted molar refractivity (Wildman–Crippen MR) is 53.8 cm³/mol. The lowest BCUT2D eigenvalue weighted by Crippen LogP contribution is -1.91. The molecule has 0 aliphatic heterocycles. The van der Waals surface area contributed by atoms with Crippen LogP contribution in [0, 0.1) is 0 Å². The van der Waals surface area contributed by atoms with Crippen LogP contribution in [0.2, 0.25) is 0 Å². The first-order valence-corrected chi connectivity index (χ1v) is 6.00. The number of rotatable bonds is 3. The first kappa shape index (κ1) is 9.57. The fourth-order valence-corrected chi connectivity index (χ4v) is 0.866. The van der Waals surface area contributed by atoms with E-state index in [-0.39, 0.29) is 0 Å². The summed E-state index contributed by atoms with van der Waals surface area (Å²) in [7, 11) is -0.604. The molecule has 0 unspecified atom stereocenters. The molecule has 0 spiro atoms. The van der Waals surface area contributed by atoms with Gasteiger partial charge in [0.05, 0.1) is 0 Å². The van der Waals surface area contributed by atoms with Crippen LogP contribution in [0.4, 0.5) is 0 Å². The van der Waals surface area contributed by atoms with E-state index >= 15 is 0 Å². The maximum absolute atomic E-state index is 3.97. The molecule has 0 heterocycles. The van der Waals surface area contributed by atoms with Gasteiger partial charge in [0, 0.05) is 0 Å². The van der Waals surface area contributed by atoms with Gasteiger partial charge in [-0.25, -0.2) is 10.0 Å². The third-order valence-corrected chi connectivity index (χ3v) is 2.91. The summed E-state index contributed by atoms with van der Waals surface area (Å²) >= 11 is 0. The van der Waals surface area contributed by atoms with Crippen molar-refractivity contribution in [1.29, 1.82) is 0 Å². The van der Waals surface area contributed by atoms with Gasteiger partial charge in [0.15, 0.2) is 0 Å². The Balaban J connectivity index is 4.11. The Morgan fingerprint density at radius 3 is 2.10 bits per heavy atom. The smallest absolute Gasteiger partial charge is 0.0179 e. The standard InChI is InChI=1S/C9H16S/c1-6-7-8-9(2)10(3,4)5/h6-8H,1-2H2,3-5H3/b8-7-. The molecular weight excluding hydrogens is 140 g/mol. The summed E-state index contributed by atoms with van der Waals surface area (Å²) in [4.78, 5) is 1.22. The van der Waals surface area contributed by atoms with Crippen molar-refractivity contribution in [2.24, 2.45) is 0 Å². The minimum absolute atomic E-state index is 0.604. The molecule has 0 aromatic rings. The van der Waals surface area contributed by atoms with Gasteiger partial charge in [-0.1, -0.05) is 31.4 Å². The molecule has 0 amide bonds. The van der Waals surface area contributed by atoms with E-state index in [1.54, 1.807) is 6.08 Å². The highest BCUT2D eigenvalue weighted by Crippen LogP contribution is 2.43. The van der Waals surface area contributed by atoms with Gasteiger partial charge in [-0.15, -0.1) is 0 Å². The zero-order chi connectivity index (χ0) is 8.20. The summed E-state index contributed by atoms with van der Waals surface area (Å²) in [5.74, 6) is 0. The maximum atomic E-state index is 3.97. The van der Waals surface area contributed by atoms with E-state index in [0.717, 1.165) is 0 Å². The molecule has 0 rings (SSSR count). The highest BCUT2D eigenvalue weighted by molar-refractivity contribution is 8.35. The molecule has 0 aliphatic rings. The molecule has 10 heavy (non-hydrogen) atoms. The van der Waals surface area contributed by atoms with Crippen molar-refractivity contribution in [3.8, 4) is 0 Å². The summed E-state index contributed by atoms with van der Waals surface area (Å²) in [6.07, 6.45) is 12.4. The molecule has 0 aromatic carbocycles. The molecule has 1 heteroatoms. The molecule has 0 radical (unpaired) electrons. The Kier molecular flexibility index (Phi) is 3.51. The van der Waals surface area contributed by atoms with Crippen LogP contribution in [-0.2, 0) is 0 Å². The average molecular weight is 156 g/mol. The molecule has 0 aliphatic carbocycles. The van der Waals surface area contributed by atoms with E-state index in [1.807, 2.05) is 12.2 Å². The first-order valence-electron chi connectivity index (χ1n) is 3.15. The van der Waals surface area contributed by atoms with Gasteiger partial charge in [0.1, 0.15) is 0 Å². The maximum Gasteiger partial charge on any atom is -0.0179 e. The molecule has 0 saturated carbocycles. The van der Waals surface area contributed by atoms with Crippen molar-refractivity contribution in [2.75, 3.05) is 18.8 Å². The van der Waals surface area contributed by atoms with E-state index in [1.165, 1.54) is 4.91 Å². The Morgan fingerprint density at radius 2 is 1.80 bits per heavy atom. The Labute approximate surface area is 65.6 Å². The van der Waals surface area contributed by atoms with Gasteiger partial charge in [-0.2, -0.15) is 0 Å². The summed E-state index contributed by atoms with van der Waals surface area (Å²) < 4.78 is 0. The van der Waals surface area contributed by atoms with Crippen LogP contribution in [0.3, 0.4) is 0 Å². The van der Waals surface area contributed by atoms with Gasteiger partial charge in [-0.05, 0) is 23.7 Å². The summed E-state index contributed by atoms with van der Waals surface area (Å²) in [5.41, 5.74) is 0. The number of hydrogen-bond donors (Lipinski definition) is 0. The molecule has 0 saturated heterocycles. The fraction of sp³-hybridized carbons (Fsp3) is 0.333. The zero-order valence-corrected chi connectivity index (χ0v) is 7.87. The van der Waals surface area contributed by atoms with E-state index in [4.69, 9.17) is 0 Å². The SMILES string of the molecule is C=C/C=C\C(=C)S(C)(C)C. The Bertz CT molecular complexity index is 158. The average Bonchev–Trinajstić information content (AvgIpc) is 1.80.